The lowest BCUT2D eigenvalue weighted by Crippen LogP contribution is -1.93. The zero-order valence-corrected chi connectivity index (χ0v) is 5.33. The van der Waals surface area contributed by atoms with Crippen molar-refractivity contribution in [2.45, 2.75) is 0 Å². The van der Waals surface area contributed by atoms with E-state index < -0.39 is 5.82 Å². The third-order valence-electron chi connectivity index (χ3n) is 0.926. The number of nitrogens with two attached hydrogens (primary N) is 1. The van der Waals surface area contributed by atoms with Gasteiger partial charge in [-0.2, -0.15) is 0 Å². The summed E-state index contributed by atoms with van der Waals surface area (Å²) in [4.78, 5) is 2.48. The van der Waals surface area contributed by atoms with Crippen LogP contribution in [0.5, 0.6) is 0 Å². The van der Waals surface area contributed by atoms with Crippen LogP contribution in [0.4, 0.5) is 10.2 Å². The lowest BCUT2D eigenvalue weighted by Gasteiger charge is -1.92. The average molecular weight is 144 g/mol. The normalized spacial score (nSPS) is 9.44. The second-order valence-corrected chi connectivity index (χ2v) is 2.01. The molecule has 0 spiro atoms. The molecule has 0 fully saturated rings. The molecule has 0 aliphatic heterocycles. The Bertz CT molecular complexity index is 268. The Balaban J connectivity index is 3.43. The molecule has 0 radical (unpaired) electrons. The summed E-state index contributed by atoms with van der Waals surface area (Å²) in [5.74, 6) is -0.560. The number of anilines is 1. The summed E-state index contributed by atoms with van der Waals surface area (Å²) in [7, 11) is 0. The molecule has 0 bridgehead atoms. The molecular formula is C5H5FN2S. The van der Waals surface area contributed by atoms with Gasteiger partial charge < -0.3 is 10.7 Å². The van der Waals surface area contributed by atoms with Crippen molar-refractivity contribution in [3.63, 3.8) is 0 Å². The Morgan fingerprint density at radius 2 is 2.33 bits per heavy atom. The van der Waals surface area contributed by atoms with Gasteiger partial charge in [-0.3, -0.25) is 0 Å². The third-order valence-corrected chi connectivity index (χ3v) is 1.24. The van der Waals surface area contributed by atoms with E-state index in [-0.39, 0.29) is 10.3 Å². The van der Waals surface area contributed by atoms with Crippen molar-refractivity contribution in [1.82, 2.24) is 4.98 Å². The fourth-order valence-corrected chi connectivity index (χ4v) is 0.654. The average Bonchev–Trinajstić information content (AvgIpc) is 1.83. The molecule has 2 nitrogen and oxygen atoms in total. The first-order chi connectivity index (χ1) is 4.22. The second kappa shape index (κ2) is 2.14. The predicted octanol–water partition coefficient (Wildman–Crippen LogP) is 1.47. The summed E-state index contributed by atoms with van der Waals surface area (Å²) in [6.07, 6.45) is 1.50. The molecule has 1 aromatic rings. The van der Waals surface area contributed by atoms with Crippen LogP contribution >= 0.6 is 12.2 Å². The predicted molar refractivity (Wildman–Crippen MR) is 36.0 cm³/mol. The lowest BCUT2D eigenvalue weighted by molar-refractivity contribution is 0.623. The maximum absolute atomic E-state index is 12.5. The standard InChI is InChI=1S/C5H5FN2S/c6-4-3(9)1-2-8-5(4)7/h1-2H,(H3,7,8,9). The smallest absolute Gasteiger partial charge is 0.181 e. The zero-order valence-electron chi connectivity index (χ0n) is 4.52. The molecule has 0 saturated carbocycles. The number of aromatic amines is 1. The van der Waals surface area contributed by atoms with Gasteiger partial charge in [0.05, 0.1) is 4.51 Å². The number of H-pyrrole nitrogens is 1. The minimum Gasteiger partial charge on any atom is -0.383 e. The molecule has 9 heavy (non-hydrogen) atoms. The highest BCUT2D eigenvalue weighted by Crippen LogP contribution is 2.05. The molecule has 0 unspecified atom stereocenters. The highest BCUT2D eigenvalue weighted by atomic mass is 32.1. The van der Waals surface area contributed by atoms with Gasteiger partial charge in [-0.05, 0) is 6.07 Å². The van der Waals surface area contributed by atoms with Crippen molar-refractivity contribution >= 4 is 18.0 Å². The van der Waals surface area contributed by atoms with Gasteiger partial charge in [0, 0.05) is 6.20 Å². The van der Waals surface area contributed by atoms with Gasteiger partial charge in [0.25, 0.3) is 0 Å². The van der Waals surface area contributed by atoms with E-state index in [1.807, 2.05) is 0 Å². The quantitative estimate of drug-likeness (QED) is 0.541. The Morgan fingerprint density at radius 3 is 2.78 bits per heavy atom. The number of nitrogen functional groups attached to an aromatic ring is 1. The number of hydrogen-bond donors (Lipinski definition) is 2. The first-order valence-electron chi connectivity index (χ1n) is 2.34. The number of hydrogen-bond acceptors (Lipinski definition) is 2. The Hall–Kier alpha value is -0.900. The first-order valence-corrected chi connectivity index (χ1v) is 2.75. The molecule has 1 rings (SSSR count). The van der Waals surface area contributed by atoms with Crippen LogP contribution in [0.3, 0.4) is 0 Å². The van der Waals surface area contributed by atoms with E-state index in [0.717, 1.165) is 0 Å². The summed E-state index contributed by atoms with van der Waals surface area (Å²) >= 11 is 4.57. The fourth-order valence-electron chi connectivity index (χ4n) is 0.476. The van der Waals surface area contributed by atoms with E-state index in [9.17, 15) is 4.39 Å². The summed E-state index contributed by atoms with van der Waals surface area (Å²) in [6, 6.07) is 1.45. The van der Waals surface area contributed by atoms with Crippen molar-refractivity contribution in [3.05, 3.63) is 22.6 Å². The fraction of sp³-hybridized carbons (Fsp3) is 0. The van der Waals surface area contributed by atoms with Crippen molar-refractivity contribution in [2.75, 3.05) is 5.73 Å². The van der Waals surface area contributed by atoms with Gasteiger partial charge in [-0.25, -0.2) is 4.39 Å². The Morgan fingerprint density at radius 1 is 1.67 bits per heavy atom. The van der Waals surface area contributed by atoms with Crippen LogP contribution in [0.1, 0.15) is 0 Å². The number of aromatic nitrogens is 1. The minimum atomic E-state index is -0.549. The van der Waals surface area contributed by atoms with Crippen LogP contribution in [0, 0.1) is 10.3 Å². The minimum absolute atomic E-state index is 0.0116. The Labute approximate surface area is 56.5 Å². The Kier molecular flexibility index (Phi) is 1.48. The van der Waals surface area contributed by atoms with Gasteiger partial charge in [0.2, 0.25) is 0 Å². The molecule has 0 atom stereocenters. The SMILES string of the molecule is Nc1[nH]ccc(=S)c1F. The first kappa shape index (κ1) is 6.22. The van der Waals surface area contributed by atoms with Crippen LogP contribution in [0.2, 0.25) is 0 Å². The molecule has 1 aromatic heterocycles. The zero-order chi connectivity index (χ0) is 6.85. The maximum atomic E-state index is 12.5. The summed E-state index contributed by atoms with van der Waals surface area (Å²) in [5.41, 5.74) is 5.12. The summed E-state index contributed by atoms with van der Waals surface area (Å²) < 4.78 is 12.6. The molecule has 4 heteroatoms. The third kappa shape index (κ3) is 1.08. The van der Waals surface area contributed by atoms with Crippen molar-refractivity contribution in [2.24, 2.45) is 0 Å². The van der Waals surface area contributed by atoms with Gasteiger partial charge in [-0.15, -0.1) is 0 Å². The van der Waals surface area contributed by atoms with Crippen molar-refractivity contribution < 1.29 is 4.39 Å². The molecule has 0 aliphatic carbocycles. The van der Waals surface area contributed by atoms with Gasteiger partial charge >= 0.3 is 0 Å². The van der Waals surface area contributed by atoms with Crippen molar-refractivity contribution in [1.29, 1.82) is 0 Å². The monoisotopic (exact) mass is 144 g/mol. The van der Waals surface area contributed by atoms with E-state index in [1.54, 1.807) is 0 Å². The van der Waals surface area contributed by atoms with Gasteiger partial charge in [0.1, 0.15) is 5.82 Å². The second-order valence-electron chi connectivity index (χ2n) is 1.57. The topological polar surface area (TPSA) is 41.8 Å². The molecule has 0 aliphatic rings. The largest absolute Gasteiger partial charge is 0.383 e. The molecule has 0 aromatic carbocycles. The number of rotatable bonds is 0. The summed E-state index contributed by atoms with van der Waals surface area (Å²) in [6.45, 7) is 0. The van der Waals surface area contributed by atoms with Crippen LogP contribution in [-0.2, 0) is 0 Å². The van der Waals surface area contributed by atoms with E-state index in [4.69, 9.17) is 5.73 Å². The highest BCUT2D eigenvalue weighted by Gasteiger charge is 1.95. The summed E-state index contributed by atoms with van der Waals surface area (Å²) in [5, 5.41) is 0. The number of nitrogens with one attached hydrogen (secondary N) is 1. The van der Waals surface area contributed by atoms with Crippen LogP contribution in [0.25, 0.3) is 0 Å². The van der Waals surface area contributed by atoms with E-state index >= 15 is 0 Å². The van der Waals surface area contributed by atoms with E-state index in [1.165, 1.54) is 12.3 Å². The van der Waals surface area contributed by atoms with Crippen molar-refractivity contribution in [3.8, 4) is 0 Å². The molecule has 48 valence electrons. The number of halogens is 1. The van der Waals surface area contributed by atoms with Crippen LogP contribution in [0.15, 0.2) is 12.3 Å². The van der Waals surface area contributed by atoms with Crippen LogP contribution in [-0.4, -0.2) is 4.98 Å². The van der Waals surface area contributed by atoms with E-state index in [2.05, 4.69) is 17.2 Å². The molecule has 1 heterocycles. The maximum Gasteiger partial charge on any atom is 0.181 e. The number of pyridine rings is 1. The molecule has 3 N–H and O–H groups in total. The molecule has 0 saturated heterocycles. The van der Waals surface area contributed by atoms with Gasteiger partial charge in [-0.1, -0.05) is 12.2 Å². The molecular weight excluding hydrogens is 139 g/mol. The van der Waals surface area contributed by atoms with Crippen LogP contribution < -0.4 is 5.73 Å². The molecule has 0 amide bonds. The lowest BCUT2D eigenvalue weighted by atomic mass is 10.4. The highest BCUT2D eigenvalue weighted by molar-refractivity contribution is 7.71. The van der Waals surface area contributed by atoms with Gasteiger partial charge in [0.15, 0.2) is 5.82 Å². The van der Waals surface area contributed by atoms with E-state index in [0.29, 0.717) is 0 Å².